The maximum absolute atomic E-state index is 2.12. The van der Waals surface area contributed by atoms with Crippen molar-refractivity contribution in [3.63, 3.8) is 0 Å². The zero-order valence-corrected chi connectivity index (χ0v) is 12.3. The zero-order valence-electron chi connectivity index (χ0n) is 7.59. The number of rotatable bonds is 1. The van der Waals surface area contributed by atoms with Gasteiger partial charge in [-0.05, 0) is 11.1 Å². The van der Waals surface area contributed by atoms with Gasteiger partial charge in [0.1, 0.15) is 0 Å². The van der Waals surface area contributed by atoms with E-state index in [0.717, 1.165) is 0 Å². The second-order valence-electron chi connectivity index (χ2n) is 2.73. The van der Waals surface area contributed by atoms with Crippen LogP contribution in [0.4, 0.5) is 0 Å². The van der Waals surface area contributed by atoms with Gasteiger partial charge in [-0.3, -0.25) is 0 Å². The molecule has 0 N–H and O–H groups in total. The fraction of sp³-hybridized carbons (Fsp3) is 0. The molecule has 0 saturated carbocycles. The summed E-state index contributed by atoms with van der Waals surface area (Å²) in [6.45, 7) is 0. The summed E-state index contributed by atoms with van der Waals surface area (Å²) in [6, 6.07) is 20.8. The molecule has 0 spiro atoms. The number of benzene rings is 2. The van der Waals surface area contributed by atoms with Crippen molar-refractivity contribution >= 4 is 47.3 Å². The van der Waals surface area contributed by atoms with Crippen LogP contribution >= 0.6 is 0 Å². The third kappa shape index (κ3) is 3.64. The van der Waals surface area contributed by atoms with Gasteiger partial charge in [-0.1, -0.05) is 60.7 Å². The molecule has 0 atom stereocenters. The molecule has 0 heterocycles. The molecule has 0 aliphatic rings. The first-order chi connectivity index (χ1) is 5.97. The molecule has 2 aromatic carbocycles. The van der Waals surface area contributed by atoms with Crippen molar-refractivity contribution in [2.45, 2.75) is 0 Å². The second-order valence-corrected chi connectivity index (χ2v) is 2.73. The topological polar surface area (TPSA) is 0 Å². The van der Waals surface area contributed by atoms with E-state index in [4.69, 9.17) is 0 Å². The molecule has 0 nitrogen and oxygen atoms in total. The number of hydrogen-bond donors (Lipinski definition) is 0. The van der Waals surface area contributed by atoms with E-state index < -0.39 is 0 Å². The van der Waals surface area contributed by atoms with Gasteiger partial charge in [-0.2, -0.15) is 0 Å². The summed E-state index contributed by atoms with van der Waals surface area (Å²) in [5.74, 6) is 0. The quantitative estimate of drug-likeness (QED) is 0.636. The minimum atomic E-state index is 0. The molecule has 2 heteroatoms. The van der Waals surface area contributed by atoms with Gasteiger partial charge in [-0.25, -0.2) is 0 Å². The van der Waals surface area contributed by atoms with E-state index in [9.17, 15) is 0 Å². The van der Waals surface area contributed by atoms with Crippen molar-refractivity contribution in [3.8, 4) is 11.1 Å². The van der Waals surface area contributed by atoms with Crippen molar-refractivity contribution in [2.24, 2.45) is 0 Å². The van der Waals surface area contributed by atoms with Crippen LogP contribution in [0.5, 0.6) is 0 Å². The van der Waals surface area contributed by atoms with Crippen LogP contribution in [-0.4, -0.2) is 47.3 Å². The van der Waals surface area contributed by atoms with Crippen LogP contribution in [0.15, 0.2) is 60.7 Å². The molecule has 0 aliphatic carbocycles. The summed E-state index contributed by atoms with van der Waals surface area (Å²) in [5, 5.41) is 0. The van der Waals surface area contributed by atoms with Crippen molar-refractivity contribution in [1.29, 1.82) is 0 Å². The van der Waals surface area contributed by atoms with E-state index in [2.05, 4.69) is 48.5 Å². The molecule has 0 unspecified atom stereocenters. The molecule has 14 heavy (non-hydrogen) atoms. The molecule has 0 bridgehead atoms. The SMILES string of the molecule is [Te].[Te].c1ccc(-c2ccccc2)cc1. The van der Waals surface area contributed by atoms with E-state index in [0.29, 0.717) is 0 Å². The standard InChI is InChI=1S/C12H10.2Te/c1-3-7-11(8-4-1)12-9-5-2-6-10-12;;/h1-10H;;. The van der Waals surface area contributed by atoms with Crippen molar-refractivity contribution in [2.75, 3.05) is 0 Å². The third-order valence-corrected chi connectivity index (χ3v) is 1.88. The van der Waals surface area contributed by atoms with Gasteiger partial charge >= 0.3 is 0 Å². The Morgan fingerprint density at radius 3 is 1.00 bits per heavy atom. The minimum absolute atomic E-state index is 0. The molecular formula is C12H10Te2. The van der Waals surface area contributed by atoms with Gasteiger partial charge in [-0.15, -0.1) is 0 Å². The maximum Gasteiger partial charge on any atom is 0 e. The number of hydrogen-bond acceptors (Lipinski definition) is 0. The molecule has 0 aliphatic heterocycles. The molecule has 70 valence electrons. The fourth-order valence-corrected chi connectivity index (χ4v) is 1.26. The van der Waals surface area contributed by atoms with Gasteiger partial charge in [0.2, 0.25) is 0 Å². The predicted octanol–water partition coefficient (Wildman–Crippen LogP) is 2.59. The van der Waals surface area contributed by atoms with Crippen LogP contribution in [0, 0.1) is 0 Å². The Kier molecular flexibility index (Phi) is 7.34. The van der Waals surface area contributed by atoms with Gasteiger partial charge in [0, 0.05) is 47.3 Å². The van der Waals surface area contributed by atoms with Gasteiger partial charge in [0.15, 0.2) is 0 Å². The van der Waals surface area contributed by atoms with Crippen LogP contribution in [0.2, 0.25) is 0 Å². The van der Waals surface area contributed by atoms with Crippen LogP contribution in [-0.2, 0) is 0 Å². The maximum atomic E-state index is 2.12. The molecule has 0 aromatic heterocycles. The molecule has 0 saturated heterocycles. The molecule has 0 amide bonds. The van der Waals surface area contributed by atoms with Crippen molar-refractivity contribution in [3.05, 3.63) is 60.7 Å². The Morgan fingerprint density at radius 1 is 0.429 bits per heavy atom. The van der Waals surface area contributed by atoms with E-state index in [1.165, 1.54) is 11.1 Å². The van der Waals surface area contributed by atoms with Crippen molar-refractivity contribution < 1.29 is 0 Å². The Bertz CT molecular complexity index is 306. The van der Waals surface area contributed by atoms with Crippen LogP contribution in [0.25, 0.3) is 11.1 Å². The largest absolute Gasteiger partial charge is 0.0622 e. The first-order valence-corrected chi connectivity index (χ1v) is 4.07. The normalized spacial score (nSPS) is 8.29. The third-order valence-electron chi connectivity index (χ3n) is 1.88. The van der Waals surface area contributed by atoms with E-state index in [-0.39, 0.29) is 47.3 Å². The predicted molar refractivity (Wildman–Crippen MR) is 63.4 cm³/mol. The summed E-state index contributed by atoms with van der Waals surface area (Å²) in [4.78, 5) is 0. The van der Waals surface area contributed by atoms with E-state index >= 15 is 0 Å². The monoisotopic (exact) mass is 414 g/mol. The molecular weight excluding hydrogens is 399 g/mol. The molecule has 0 fully saturated rings. The zero-order chi connectivity index (χ0) is 8.23. The summed E-state index contributed by atoms with van der Waals surface area (Å²) in [6.07, 6.45) is 0. The first kappa shape index (κ1) is 14.0. The smallest absolute Gasteiger partial charge is 0 e. The Morgan fingerprint density at radius 2 is 0.714 bits per heavy atom. The first-order valence-electron chi connectivity index (χ1n) is 4.07. The van der Waals surface area contributed by atoms with E-state index in [1.807, 2.05) is 12.1 Å². The summed E-state index contributed by atoms with van der Waals surface area (Å²) >= 11 is 0. The molecule has 4 radical (unpaired) electrons. The Balaban J connectivity index is 0.000000845. The summed E-state index contributed by atoms with van der Waals surface area (Å²) in [5.41, 5.74) is 2.55. The summed E-state index contributed by atoms with van der Waals surface area (Å²) in [7, 11) is 0. The van der Waals surface area contributed by atoms with Gasteiger partial charge in [0.25, 0.3) is 0 Å². The van der Waals surface area contributed by atoms with Gasteiger partial charge < -0.3 is 0 Å². The Hall–Kier alpha value is 0.0192. The van der Waals surface area contributed by atoms with Gasteiger partial charge in [0.05, 0.1) is 0 Å². The molecule has 2 aromatic rings. The average Bonchev–Trinajstić information content (AvgIpc) is 2.21. The Labute approximate surface area is 118 Å². The minimum Gasteiger partial charge on any atom is -0.0622 e. The molecule has 2 rings (SSSR count). The summed E-state index contributed by atoms with van der Waals surface area (Å²) < 4.78 is 0. The van der Waals surface area contributed by atoms with Crippen LogP contribution in [0.3, 0.4) is 0 Å². The van der Waals surface area contributed by atoms with Crippen LogP contribution < -0.4 is 0 Å². The van der Waals surface area contributed by atoms with Crippen molar-refractivity contribution in [1.82, 2.24) is 0 Å². The van der Waals surface area contributed by atoms with Crippen LogP contribution in [0.1, 0.15) is 0 Å². The second kappa shape index (κ2) is 7.33. The fourth-order valence-electron chi connectivity index (χ4n) is 1.26. The van der Waals surface area contributed by atoms with E-state index in [1.54, 1.807) is 0 Å². The average molecular weight is 409 g/mol.